The molecule has 4 amide bonds. The number of benzene rings is 2. The summed E-state index contributed by atoms with van der Waals surface area (Å²) in [5, 5.41) is 0. The first-order valence-corrected chi connectivity index (χ1v) is 15.3. The molecule has 0 spiro atoms. The average molecular weight is 541 g/mol. The summed E-state index contributed by atoms with van der Waals surface area (Å²) in [7, 11) is 3.16. The van der Waals surface area contributed by atoms with E-state index in [1.807, 2.05) is 48.5 Å². The van der Waals surface area contributed by atoms with Crippen molar-refractivity contribution in [2.24, 2.45) is 47.3 Å². The minimum absolute atomic E-state index is 0.0609. The third kappa shape index (κ3) is 3.10. The Hall–Kier alpha value is -3.10. The number of hydrogen-bond donors (Lipinski definition) is 0. The van der Waals surface area contributed by atoms with Crippen molar-refractivity contribution < 1.29 is 19.2 Å². The second-order valence-corrected chi connectivity index (χ2v) is 13.5. The van der Waals surface area contributed by atoms with E-state index in [2.05, 4.69) is 24.3 Å². The number of amides is 4. The highest BCUT2D eigenvalue weighted by Gasteiger charge is 2.60. The zero-order chi connectivity index (χ0) is 25.7. The lowest BCUT2D eigenvalue weighted by molar-refractivity contribution is -0.124. The molecular weight excluding hydrogens is 516 g/mol. The third-order valence-electron chi connectivity index (χ3n) is 9.36. The standard InChI is InChI=1S/C30H24N2O4S2/c33-27-23-15-1-2-16(13-15)24(23)28(34)31(27)19-5-9-21(10-6-19)37-38-22-11-7-20(8-12-22)32-29(35)25-17-3-4-18(14-17)26(25)30(32)36/h1-12,15-18,23-26H,13-14H2/t15-,16-,17-,18+,23-,24+,25-,26-/m0/s1. The highest BCUT2D eigenvalue weighted by Crippen LogP contribution is 2.54. The van der Waals surface area contributed by atoms with Crippen molar-refractivity contribution in [2.75, 3.05) is 9.80 Å². The smallest absolute Gasteiger partial charge is 0.238 e. The maximum Gasteiger partial charge on any atom is 0.238 e. The molecule has 4 fully saturated rings. The molecule has 4 aliphatic carbocycles. The van der Waals surface area contributed by atoms with Gasteiger partial charge in [-0.2, -0.15) is 0 Å². The van der Waals surface area contributed by atoms with Gasteiger partial charge in [-0.15, -0.1) is 0 Å². The number of carbonyl (C=O) groups is 4. The summed E-state index contributed by atoms with van der Waals surface area (Å²) in [5.74, 6) is -0.187. The van der Waals surface area contributed by atoms with Crippen LogP contribution in [0.1, 0.15) is 12.8 Å². The molecule has 6 aliphatic rings. The first-order chi connectivity index (χ1) is 18.5. The van der Waals surface area contributed by atoms with E-state index >= 15 is 0 Å². The molecule has 2 saturated heterocycles. The monoisotopic (exact) mass is 540 g/mol. The van der Waals surface area contributed by atoms with Gasteiger partial charge in [-0.3, -0.25) is 29.0 Å². The molecule has 2 saturated carbocycles. The molecule has 6 nitrogen and oxygen atoms in total. The van der Waals surface area contributed by atoms with Crippen LogP contribution in [0.5, 0.6) is 0 Å². The zero-order valence-corrected chi connectivity index (χ0v) is 21.9. The van der Waals surface area contributed by atoms with Gasteiger partial charge in [0, 0.05) is 9.79 Å². The number of fused-ring (bicyclic) bond motifs is 10. The molecule has 2 aliphatic heterocycles. The van der Waals surface area contributed by atoms with E-state index in [9.17, 15) is 19.2 Å². The van der Waals surface area contributed by atoms with E-state index in [1.54, 1.807) is 21.6 Å². The van der Waals surface area contributed by atoms with Gasteiger partial charge in [0.15, 0.2) is 0 Å². The molecule has 4 bridgehead atoms. The molecule has 38 heavy (non-hydrogen) atoms. The first-order valence-electron chi connectivity index (χ1n) is 13.2. The van der Waals surface area contributed by atoms with Crippen molar-refractivity contribution in [3.8, 4) is 0 Å². The molecule has 2 aromatic carbocycles. The zero-order valence-electron chi connectivity index (χ0n) is 20.3. The quantitative estimate of drug-likeness (QED) is 0.298. The van der Waals surface area contributed by atoms with Crippen LogP contribution in [0.3, 0.4) is 0 Å². The van der Waals surface area contributed by atoms with Crippen LogP contribution in [0.15, 0.2) is 82.6 Å². The third-order valence-corrected chi connectivity index (χ3v) is 11.8. The first kappa shape index (κ1) is 22.8. The summed E-state index contributed by atoms with van der Waals surface area (Å²) >= 11 is 0. The predicted molar refractivity (Wildman–Crippen MR) is 145 cm³/mol. The number of carbonyl (C=O) groups excluding carboxylic acids is 4. The summed E-state index contributed by atoms with van der Waals surface area (Å²) in [6.45, 7) is 0. The van der Waals surface area contributed by atoms with Crippen molar-refractivity contribution >= 4 is 56.6 Å². The van der Waals surface area contributed by atoms with E-state index in [1.165, 1.54) is 9.80 Å². The lowest BCUT2D eigenvalue weighted by Gasteiger charge is -2.18. The molecule has 2 aromatic rings. The van der Waals surface area contributed by atoms with Crippen molar-refractivity contribution in [3.05, 3.63) is 72.8 Å². The van der Waals surface area contributed by atoms with Gasteiger partial charge in [-0.25, -0.2) is 0 Å². The number of nitrogens with zero attached hydrogens (tertiary/aromatic N) is 2. The fraction of sp³-hybridized carbons (Fsp3) is 0.333. The van der Waals surface area contributed by atoms with Gasteiger partial charge in [-0.05, 0) is 85.0 Å². The Kier molecular flexibility index (Phi) is 4.93. The largest absolute Gasteiger partial charge is 0.274 e. The highest BCUT2D eigenvalue weighted by molar-refractivity contribution is 8.76. The predicted octanol–water partition coefficient (Wildman–Crippen LogP) is 5.11. The molecule has 190 valence electrons. The van der Waals surface area contributed by atoms with Gasteiger partial charge in [-0.1, -0.05) is 45.9 Å². The minimum Gasteiger partial charge on any atom is -0.274 e. The summed E-state index contributed by atoms with van der Waals surface area (Å²) in [4.78, 5) is 57.0. The van der Waals surface area contributed by atoms with Crippen molar-refractivity contribution in [3.63, 3.8) is 0 Å². The molecule has 8 heteroatoms. The van der Waals surface area contributed by atoms with Gasteiger partial charge >= 0.3 is 0 Å². The number of rotatable bonds is 5. The van der Waals surface area contributed by atoms with E-state index in [4.69, 9.17) is 0 Å². The van der Waals surface area contributed by atoms with Crippen LogP contribution < -0.4 is 9.80 Å². The maximum absolute atomic E-state index is 13.1. The van der Waals surface area contributed by atoms with Crippen molar-refractivity contribution in [1.82, 2.24) is 0 Å². The Bertz CT molecular complexity index is 1290. The summed E-state index contributed by atoms with van der Waals surface area (Å²) in [6, 6.07) is 15.1. The highest BCUT2D eigenvalue weighted by atomic mass is 33.1. The van der Waals surface area contributed by atoms with E-state index in [0.29, 0.717) is 11.4 Å². The van der Waals surface area contributed by atoms with Crippen molar-refractivity contribution in [2.45, 2.75) is 22.6 Å². The van der Waals surface area contributed by atoms with Crippen LogP contribution in [0.4, 0.5) is 11.4 Å². The Morgan fingerprint density at radius 2 is 0.763 bits per heavy atom. The number of hydrogen-bond acceptors (Lipinski definition) is 6. The molecule has 0 N–H and O–H groups in total. The summed E-state index contributed by atoms with van der Waals surface area (Å²) in [6.07, 6.45) is 10.3. The van der Waals surface area contributed by atoms with Crippen LogP contribution in [-0.4, -0.2) is 23.6 Å². The Labute approximate surface area is 227 Å². The lowest BCUT2D eigenvalue weighted by atomic mass is 9.85. The molecule has 2 heterocycles. The molecular formula is C30H24N2O4S2. The van der Waals surface area contributed by atoms with Gasteiger partial charge < -0.3 is 0 Å². The molecule has 8 rings (SSSR count). The van der Waals surface area contributed by atoms with Crippen molar-refractivity contribution in [1.29, 1.82) is 0 Å². The molecule has 0 radical (unpaired) electrons. The fourth-order valence-corrected chi connectivity index (χ4v) is 9.64. The Morgan fingerprint density at radius 3 is 1.05 bits per heavy atom. The molecule has 8 atom stereocenters. The number of imide groups is 2. The van der Waals surface area contributed by atoms with Gasteiger partial charge in [0.05, 0.1) is 35.0 Å². The van der Waals surface area contributed by atoms with Crippen LogP contribution in [0.25, 0.3) is 0 Å². The average Bonchev–Trinajstić information content (AvgIpc) is 3.77. The lowest BCUT2D eigenvalue weighted by Crippen LogP contribution is -2.32. The number of allylic oxidation sites excluding steroid dienone is 4. The minimum atomic E-state index is -0.192. The van der Waals surface area contributed by atoms with Gasteiger partial charge in [0.25, 0.3) is 0 Å². The van der Waals surface area contributed by atoms with Crippen LogP contribution >= 0.6 is 21.6 Å². The molecule has 0 aromatic heterocycles. The van der Waals surface area contributed by atoms with Crippen LogP contribution in [0.2, 0.25) is 0 Å². The normalized spacial score (nSPS) is 35.8. The summed E-state index contributed by atoms with van der Waals surface area (Å²) in [5.41, 5.74) is 1.28. The van der Waals surface area contributed by atoms with Gasteiger partial charge in [0.1, 0.15) is 0 Å². The van der Waals surface area contributed by atoms with Crippen LogP contribution in [0, 0.1) is 47.3 Å². The maximum atomic E-state index is 13.1. The van der Waals surface area contributed by atoms with E-state index in [-0.39, 0.29) is 71.0 Å². The van der Waals surface area contributed by atoms with E-state index in [0.717, 1.165) is 22.6 Å². The fourth-order valence-electron chi connectivity index (χ4n) is 7.71. The summed E-state index contributed by atoms with van der Waals surface area (Å²) < 4.78 is 0. The number of anilines is 2. The van der Waals surface area contributed by atoms with Crippen LogP contribution in [-0.2, 0) is 19.2 Å². The Morgan fingerprint density at radius 1 is 0.474 bits per heavy atom. The SMILES string of the molecule is O=C1[C@@H]2[C@@H](C(=O)N1c1ccc(SSc3ccc(N4C(=O)[C@@H]5[C@H](C4=O)[C@H]4C=C[C@H]5C4)cc3)cc1)[C@H]1C=C[C@@H]2C1. The Balaban J connectivity index is 0.925. The van der Waals surface area contributed by atoms with Gasteiger partial charge in [0.2, 0.25) is 23.6 Å². The van der Waals surface area contributed by atoms with E-state index < -0.39 is 0 Å². The molecule has 0 unspecified atom stereocenters. The second-order valence-electron chi connectivity index (χ2n) is 11.2. The topological polar surface area (TPSA) is 74.8 Å². The second kappa shape index (κ2) is 8.20.